The van der Waals surface area contributed by atoms with Crippen molar-refractivity contribution in [3.8, 4) is 0 Å². The summed E-state index contributed by atoms with van der Waals surface area (Å²) in [4.78, 5) is 10.5. The van der Waals surface area contributed by atoms with Crippen molar-refractivity contribution in [2.75, 3.05) is 25.5 Å². The molecule has 4 saturated carbocycles. The molecule has 5 fully saturated rings. The van der Waals surface area contributed by atoms with Gasteiger partial charge in [0.25, 0.3) is 0 Å². The maximum atomic E-state index is 12.8. The lowest BCUT2D eigenvalue weighted by Crippen LogP contribution is -2.63. The zero-order chi connectivity index (χ0) is 20.8. The first-order valence-electron chi connectivity index (χ1n) is 11.0. The number of nitrogens with one attached hydrogen (secondary N) is 1. The second-order valence-corrected chi connectivity index (χ2v) is 12.8. The van der Waals surface area contributed by atoms with Gasteiger partial charge in [0, 0.05) is 18.9 Å². The van der Waals surface area contributed by atoms with Crippen molar-refractivity contribution in [2.24, 2.45) is 23.2 Å². The Labute approximate surface area is 172 Å². The van der Waals surface area contributed by atoms with E-state index >= 15 is 0 Å². The Morgan fingerprint density at radius 2 is 1.55 bits per heavy atom. The molecule has 29 heavy (non-hydrogen) atoms. The van der Waals surface area contributed by atoms with Crippen molar-refractivity contribution in [1.29, 1.82) is 0 Å². The van der Waals surface area contributed by atoms with E-state index in [-0.39, 0.29) is 18.1 Å². The van der Waals surface area contributed by atoms with Crippen LogP contribution in [0.4, 0.5) is 0 Å². The van der Waals surface area contributed by atoms with Crippen molar-refractivity contribution in [3.05, 3.63) is 0 Å². The average molecular weight is 433 g/mol. The van der Waals surface area contributed by atoms with E-state index < -0.39 is 44.6 Å². The number of ether oxygens (including phenoxy) is 1. The first kappa shape index (κ1) is 22.2. The molecule has 5 rings (SSSR count). The summed E-state index contributed by atoms with van der Waals surface area (Å²) in [7, 11) is -3.32. The highest BCUT2D eigenvalue weighted by Gasteiger charge is 2.51. The van der Waals surface area contributed by atoms with Crippen molar-refractivity contribution in [1.82, 2.24) is 5.32 Å². The number of rotatable bonds is 8. The summed E-state index contributed by atoms with van der Waals surface area (Å²) < 4.78 is 17.9. The lowest BCUT2D eigenvalue weighted by atomic mass is 9.49. The second-order valence-electron chi connectivity index (χ2n) is 10.2. The van der Waals surface area contributed by atoms with Crippen LogP contribution in [0.5, 0.6) is 0 Å². The number of hydrogen-bond acceptors (Lipinski definition) is 7. The first-order valence-corrected chi connectivity index (χ1v) is 13.1. The van der Waals surface area contributed by atoms with Gasteiger partial charge in [0.05, 0.1) is 12.6 Å². The van der Waals surface area contributed by atoms with Crippen LogP contribution in [0.15, 0.2) is 0 Å². The summed E-state index contributed by atoms with van der Waals surface area (Å²) in [6, 6.07) is -0.976. The van der Waals surface area contributed by atoms with E-state index in [1.807, 2.05) is 0 Å². The lowest BCUT2D eigenvalue weighted by molar-refractivity contribution is -0.254. The van der Waals surface area contributed by atoms with Gasteiger partial charge in [-0.2, -0.15) is 0 Å². The average Bonchev–Trinajstić information content (AvgIpc) is 2.65. The minimum atomic E-state index is -3.32. The standard InChI is InChI=1S/C20H36NO7P/c22-11-15-17(23)18(24)16(19(25)28-15)21-2-4-29(26,27)3-1-20-8-12-5-13(9-20)7-14(6-12)10-20/h12-19,21-25H,1-11H2,(H,26,27)/t12?,13?,14?,15-,16-,17+,18-,19?,20?/m1/s1. The Balaban J connectivity index is 1.25. The molecule has 168 valence electrons. The maximum absolute atomic E-state index is 12.8. The molecule has 1 aliphatic heterocycles. The minimum absolute atomic E-state index is 0.0504. The van der Waals surface area contributed by atoms with E-state index in [1.165, 1.54) is 38.5 Å². The molecule has 5 aliphatic rings. The molecule has 0 radical (unpaired) electrons. The molecule has 4 aliphatic carbocycles. The molecule has 9 heteroatoms. The Kier molecular flexibility index (Phi) is 6.47. The fourth-order valence-electron chi connectivity index (χ4n) is 6.84. The molecule has 0 aromatic rings. The normalized spacial score (nSPS) is 48.6. The van der Waals surface area contributed by atoms with Gasteiger partial charge in [-0.25, -0.2) is 0 Å². The summed E-state index contributed by atoms with van der Waals surface area (Å²) >= 11 is 0. The molecule has 0 amide bonds. The van der Waals surface area contributed by atoms with Gasteiger partial charge in [0.1, 0.15) is 18.3 Å². The summed E-state index contributed by atoms with van der Waals surface area (Å²) in [6.45, 7) is -0.383. The van der Waals surface area contributed by atoms with Gasteiger partial charge < -0.3 is 35.4 Å². The number of hydrogen-bond donors (Lipinski definition) is 6. The highest BCUT2D eigenvalue weighted by atomic mass is 31.2. The molecule has 0 spiro atoms. The SMILES string of the molecule is O=P(O)(CCN[C@H]1C(O)O[C@H](CO)[C@H](O)[C@@H]1O)CCC12CC3CC(CC(C3)C1)C2. The molecular formula is C20H36NO7P. The maximum Gasteiger partial charge on any atom is 0.201 e. The largest absolute Gasteiger partial charge is 0.394 e. The predicted octanol–water partition coefficient (Wildman–Crippen LogP) is 0.253. The minimum Gasteiger partial charge on any atom is -0.394 e. The molecular weight excluding hydrogens is 397 g/mol. The van der Waals surface area contributed by atoms with Crippen molar-refractivity contribution >= 4 is 7.37 Å². The first-order chi connectivity index (χ1) is 13.7. The van der Waals surface area contributed by atoms with Crippen LogP contribution >= 0.6 is 7.37 Å². The zero-order valence-corrected chi connectivity index (χ0v) is 17.8. The fraction of sp³-hybridized carbons (Fsp3) is 1.00. The molecule has 2 unspecified atom stereocenters. The van der Waals surface area contributed by atoms with Gasteiger partial charge >= 0.3 is 0 Å². The topological polar surface area (TPSA) is 139 Å². The Hall–Kier alpha value is -0.0500. The van der Waals surface area contributed by atoms with E-state index in [4.69, 9.17) is 9.84 Å². The van der Waals surface area contributed by atoms with Crippen molar-refractivity contribution < 1.29 is 34.6 Å². The molecule has 4 bridgehead atoms. The third kappa shape index (κ3) is 4.75. The van der Waals surface area contributed by atoms with Gasteiger partial charge in [-0.1, -0.05) is 0 Å². The Bertz CT molecular complexity index is 597. The highest BCUT2D eigenvalue weighted by Crippen LogP contribution is 2.62. The van der Waals surface area contributed by atoms with Crippen LogP contribution in [0, 0.1) is 23.2 Å². The van der Waals surface area contributed by atoms with Crippen LogP contribution in [0.1, 0.15) is 44.9 Å². The van der Waals surface area contributed by atoms with E-state index in [2.05, 4.69) is 5.32 Å². The smallest absolute Gasteiger partial charge is 0.201 e. The van der Waals surface area contributed by atoms with Gasteiger partial charge in [-0.05, 0) is 68.1 Å². The lowest BCUT2D eigenvalue weighted by Gasteiger charge is -2.57. The number of aliphatic hydroxyl groups is 4. The fourth-order valence-corrected chi connectivity index (χ4v) is 8.37. The van der Waals surface area contributed by atoms with Gasteiger partial charge in [-0.3, -0.25) is 4.57 Å². The molecule has 1 saturated heterocycles. The monoisotopic (exact) mass is 433 g/mol. The summed E-state index contributed by atoms with van der Waals surface area (Å²) in [5.41, 5.74) is 0.271. The van der Waals surface area contributed by atoms with Crippen LogP contribution in [-0.4, -0.2) is 81.4 Å². The van der Waals surface area contributed by atoms with E-state index in [1.54, 1.807) is 0 Å². The Morgan fingerprint density at radius 3 is 2.10 bits per heavy atom. The summed E-state index contributed by atoms with van der Waals surface area (Å²) in [6.07, 6.45) is 3.80. The van der Waals surface area contributed by atoms with Crippen LogP contribution in [0.25, 0.3) is 0 Å². The second kappa shape index (κ2) is 8.47. The quantitative estimate of drug-likeness (QED) is 0.300. The van der Waals surface area contributed by atoms with Crippen LogP contribution in [0.3, 0.4) is 0 Å². The molecule has 1 heterocycles. The Morgan fingerprint density at radius 1 is 0.966 bits per heavy atom. The zero-order valence-electron chi connectivity index (χ0n) is 16.9. The molecule has 0 aromatic heterocycles. The number of aliphatic hydroxyl groups excluding tert-OH is 4. The van der Waals surface area contributed by atoms with Gasteiger partial charge in [0.2, 0.25) is 7.37 Å². The van der Waals surface area contributed by atoms with Gasteiger partial charge in [-0.15, -0.1) is 0 Å². The van der Waals surface area contributed by atoms with Crippen molar-refractivity contribution in [3.63, 3.8) is 0 Å². The van der Waals surface area contributed by atoms with E-state index in [0.29, 0.717) is 6.16 Å². The van der Waals surface area contributed by atoms with Crippen LogP contribution < -0.4 is 5.32 Å². The molecule has 8 nitrogen and oxygen atoms in total. The molecule has 6 N–H and O–H groups in total. The van der Waals surface area contributed by atoms with Gasteiger partial charge in [0.15, 0.2) is 6.29 Å². The third-order valence-corrected chi connectivity index (χ3v) is 9.74. The highest BCUT2D eigenvalue weighted by molar-refractivity contribution is 7.58. The molecule has 0 aromatic carbocycles. The summed E-state index contributed by atoms with van der Waals surface area (Å²) in [5.74, 6) is 2.47. The summed E-state index contributed by atoms with van der Waals surface area (Å²) in [5, 5.41) is 42.0. The van der Waals surface area contributed by atoms with Crippen LogP contribution in [0.2, 0.25) is 0 Å². The predicted molar refractivity (Wildman–Crippen MR) is 107 cm³/mol. The molecule has 6 atom stereocenters. The van der Waals surface area contributed by atoms with E-state index in [0.717, 1.165) is 24.2 Å². The van der Waals surface area contributed by atoms with Crippen LogP contribution in [-0.2, 0) is 9.30 Å². The van der Waals surface area contributed by atoms with Crippen molar-refractivity contribution in [2.45, 2.75) is 75.6 Å². The third-order valence-electron chi connectivity index (χ3n) is 7.90. The van der Waals surface area contributed by atoms with E-state index in [9.17, 15) is 24.8 Å².